The van der Waals surface area contributed by atoms with Gasteiger partial charge in [0, 0.05) is 61.2 Å². The van der Waals surface area contributed by atoms with Crippen molar-refractivity contribution in [2.75, 3.05) is 33.3 Å². The van der Waals surface area contributed by atoms with Gasteiger partial charge in [0.25, 0.3) is 0 Å². The second kappa shape index (κ2) is 7.39. The number of ether oxygens (including phenoxy) is 1. The van der Waals surface area contributed by atoms with Crippen molar-refractivity contribution in [1.82, 2.24) is 19.8 Å². The number of aromatic amines is 1. The minimum atomic E-state index is 0.914. The summed E-state index contributed by atoms with van der Waals surface area (Å²) in [5, 5.41) is 4.60. The highest BCUT2D eigenvalue weighted by atomic mass is 32.1. The second-order valence-corrected chi connectivity index (χ2v) is 8.11. The molecule has 1 fully saturated rings. The number of nitrogens with zero attached hydrogens (tertiary/aromatic N) is 3. The SMILES string of the molecule is COc1ccc2[nH]c(CN3CCN(Cc4csc(C)n4)CC3)c(C)c2c1. The Balaban J connectivity index is 1.38. The van der Waals surface area contributed by atoms with E-state index >= 15 is 0 Å². The van der Waals surface area contributed by atoms with E-state index in [0.29, 0.717) is 0 Å². The van der Waals surface area contributed by atoms with Crippen molar-refractivity contribution in [2.24, 2.45) is 0 Å². The van der Waals surface area contributed by atoms with Crippen LogP contribution in [0.2, 0.25) is 0 Å². The number of fused-ring (bicyclic) bond motifs is 1. The molecular weight excluding hydrogens is 344 g/mol. The molecule has 4 rings (SSSR count). The Hall–Kier alpha value is -1.89. The highest BCUT2D eigenvalue weighted by molar-refractivity contribution is 7.09. The summed E-state index contributed by atoms with van der Waals surface area (Å²) < 4.78 is 5.36. The molecule has 26 heavy (non-hydrogen) atoms. The van der Waals surface area contributed by atoms with Gasteiger partial charge in [0.05, 0.1) is 17.8 Å². The van der Waals surface area contributed by atoms with E-state index in [1.807, 2.05) is 6.07 Å². The van der Waals surface area contributed by atoms with Crippen LogP contribution in [-0.4, -0.2) is 53.1 Å². The molecule has 0 atom stereocenters. The first kappa shape index (κ1) is 17.5. The molecule has 1 N–H and O–H groups in total. The molecule has 0 unspecified atom stereocenters. The topological polar surface area (TPSA) is 44.4 Å². The number of benzene rings is 1. The van der Waals surface area contributed by atoms with E-state index in [9.17, 15) is 0 Å². The Morgan fingerprint density at radius 3 is 2.50 bits per heavy atom. The minimum absolute atomic E-state index is 0.914. The van der Waals surface area contributed by atoms with Gasteiger partial charge in [-0.3, -0.25) is 9.80 Å². The first-order valence-corrected chi connectivity index (χ1v) is 10.0. The fraction of sp³-hybridized carbons (Fsp3) is 0.450. The molecule has 3 aromatic rings. The Labute approximate surface area is 158 Å². The Kier molecular flexibility index (Phi) is 4.98. The molecule has 1 saturated heterocycles. The number of hydrogen-bond acceptors (Lipinski definition) is 5. The molecule has 0 spiro atoms. The van der Waals surface area contributed by atoms with Crippen molar-refractivity contribution in [3.63, 3.8) is 0 Å². The lowest BCUT2D eigenvalue weighted by Crippen LogP contribution is -2.45. The Bertz CT molecular complexity index is 892. The summed E-state index contributed by atoms with van der Waals surface area (Å²) in [4.78, 5) is 13.2. The number of hydrogen-bond donors (Lipinski definition) is 1. The molecule has 138 valence electrons. The van der Waals surface area contributed by atoms with Crippen LogP contribution in [0.4, 0.5) is 0 Å². The molecule has 0 radical (unpaired) electrons. The zero-order chi connectivity index (χ0) is 18.1. The van der Waals surface area contributed by atoms with Crippen LogP contribution in [0.15, 0.2) is 23.6 Å². The van der Waals surface area contributed by atoms with E-state index in [-0.39, 0.29) is 0 Å². The summed E-state index contributed by atoms with van der Waals surface area (Å²) in [6.07, 6.45) is 0. The summed E-state index contributed by atoms with van der Waals surface area (Å²) in [6, 6.07) is 6.25. The van der Waals surface area contributed by atoms with Gasteiger partial charge in [0.15, 0.2) is 0 Å². The highest BCUT2D eigenvalue weighted by Crippen LogP contribution is 2.27. The van der Waals surface area contributed by atoms with Crippen LogP contribution in [0.3, 0.4) is 0 Å². The molecule has 2 aromatic heterocycles. The van der Waals surface area contributed by atoms with Crippen LogP contribution < -0.4 is 4.74 Å². The van der Waals surface area contributed by atoms with Crippen molar-refractivity contribution >= 4 is 22.2 Å². The number of aromatic nitrogens is 2. The summed E-state index contributed by atoms with van der Waals surface area (Å²) in [6.45, 7) is 10.6. The zero-order valence-electron chi connectivity index (χ0n) is 15.7. The van der Waals surface area contributed by atoms with Crippen LogP contribution in [0.25, 0.3) is 10.9 Å². The van der Waals surface area contributed by atoms with Crippen LogP contribution in [0.1, 0.15) is 22.0 Å². The quantitative estimate of drug-likeness (QED) is 0.746. The number of rotatable bonds is 5. The van der Waals surface area contributed by atoms with Crippen LogP contribution in [-0.2, 0) is 13.1 Å². The number of aryl methyl sites for hydroxylation is 2. The molecule has 1 aliphatic heterocycles. The molecule has 1 aliphatic rings. The third-order valence-corrected chi connectivity index (χ3v) is 6.09. The molecule has 0 amide bonds. The minimum Gasteiger partial charge on any atom is -0.497 e. The number of thiazole rings is 1. The van der Waals surface area contributed by atoms with E-state index in [1.54, 1.807) is 18.4 Å². The molecule has 0 aliphatic carbocycles. The van der Waals surface area contributed by atoms with E-state index < -0.39 is 0 Å². The molecule has 1 aromatic carbocycles. The van der Waals surface area contributed by atoms with Crippen molar-refractivity contribution in [3.05, 3.63) is 45.5 Å². The maximum Gasteiger partial charge on any atom is 0.119 e. The van der Waals surface area contributed by atoms with Crippen molar-refractivity contribution in [3.8, 4) is 5.75 Å². The van der Waals surface area contributed by atoms with Crippen LogP contribution in [0, 0.1) is 13.8 Å². The molecule has 0 saturated carbocycles. The van der Waals surface area contributed by atoms with E-state index in [2.05, 4.69) is 51.1 Å². The van der Waals surface area contributed by atoms with Crippen molar-refractivity contribution in [1.29, 1.82) is 0 Å². The third kappa shape index (κ3) is 3.63. The average molecular weight is 371 g/mol. The van der Waals surface area contributed by atoms with Crippen molar-refractivity contribution in [2.45, 2.75) is 26.9 Å². The average Bonchev–Trinajstić information content (AvgIpc) is 3.20. The number of nitrogens with one attached hydrogen (secondary N) is 1. The largest absolute Gasteiger partial charge is 0.497 e. The number of piperazine rings is 1. The molecule has 3 heterocycles. The summed E-state index contributed by atoms with van der Waals surface area (Å²) in [7, 11) is 1.72. The molecule has 5 nitrogen and oxygen atoms in total. The van der Waals surface area contributed by atoms with Gasteiger partial charge in [-0.2, -0.15) is 0 Å². The summed E-state index contributed by atoms with van der Waals surface area (Å²) in [5.41, 5.74) is 5.05. The second-order valence-electron chi connectivity index (χ2n) is 7.05. The van der Waals surface area contributed by atoms with Gasteiger partial charge in [-0.25, -0.2) is 4.98 Å². The Morgan fingerprint density at radius 2 is 1.85 bits per heavy atom. The normalized spacial score (nSPS) is 16.4. The predicted molar refractivity (Wildman–Crippen MR) is 107 cm³/mol. The fourth-order valence-electron chi connectivity index (χ4n) is 3.69. The standard InChI is InChI=1S/C20H26N4OS/c1-14-18-10-17(25-3)4-5-19(18)22-20(14)12-24-8-6-23(7-9-24)11-16-13-26-15(2)21-16/h4-5,10,13,22H,6-9,11-12H2,1-3H3. The first-order chi connectivity index (χ1) is 12.6. The molecule has 0 bridgehead atoms. The van der Waals surface area contributed by atoms with Gasteiger partial charge in [0.1, 0.15) is 5.75 Å². The fourth-order valence-corrected chi connectivity index (χ4v) is 4.29. The van der Waals surface area contributed by atoms with Gasteiger partial charge in [-0.05, 0) is 37.6 Å². The maximum absolute atomic E-state index is 5.36. The van der Waals surface area contributed by atoms with Gasteiger partial charge >= 0.3 is 0 Å². The molecular formula is C20H26N4OS. The lowest BCUT2D eigenvalue weighted by Gasteiger charge is -2.34. The van der Waals surface area contributed by atoms with E-state index in [4.69, 9.17) is 4.74 Å². The highest BCUT2D eigenvalue weighted by Gasteiger charge is 2.19. The van der Waals surface area contributed by atoms with Gasteiger partial charge < -0.3 is 9.72 Å². The zero-order valence-corrected chi connectivity index (χ0v) is 16.5. The van der Waals surface area contributed by atoms with Crippen molar-refractivity contribution < 1.29 is 4.74 Å². The first-order valence-electron chi connectivity index (χ1n) is 9.13. The van der Waals surface area contributed by atoms with Crippen LogP contribution >= 0.6 is 11.3 Å². The molecule has 6 heteroatoms. The monoisotopic (exact) mass is 370 g/mol. The lowest BCUT2D eigenvalue weighted by molar-refractivity contribution is 0.120. The Morgan fingerprint density at radius 1 is 1.12 bits per heavy atom. The van der Waals surface area contributed by atoms with E-state index in [1.165, 1.54) is 27.9 Å². The maximum atomic E-state index is 5.36. The van der Waals surface area contributed by atoms with Gasteiger partial charge in [-0.15, -0.1) is 11.3 Å². The van der Waals surface area contributed by atoms with E-state index in [0.717, 1.165) is 50.0 Å². The third-order valence-electron chi connectivity index (χ3n) is 5.27. The number of H-pyrrole nitrogens is 1. The summed E-state index contributed by atoms with van der Waals surface area (Å²) >= 11 is 1.74. The van der Waals surface area contributed by atoms with Crippen LogP contribution in [0.5, 0.6) is 5.75 Å². The lowest BCUT2D eigenvalue weighted by atomic mass is 10.1. The van der Waals surface area contributed by atoms with Gasteiger partial charge in [-0.1, -0.05) is 0 Å². The smallest absolute Gasteiger partial charge is 0.119 e. The predicted octanol–water partition coefficient (Wildman–Crippen LogP) is 3.57. The number of methoxy groups -OCH3 is 1. The summed E-state index contributed by atoms with van der Waals surface area (Å²) in [5.74, 6) is 0.914. The van der Waals surface area contributed by atoms with Gasteiger partial charge in [0.2, 0.25) is 0 Å².